The van der Waals surface area contributed by atoms with Crippen LogP contribution in [0.2, 0.25) is 0 Å². The molecule has 0 bridgehead atoms. The van der Waals surface area contributed by atoms with Gasteiger partial charge in [0.2, 0.25) is 5.91 Å². The van der Waals surface area contributed by atoms with Crippen molar-refractivity contribution in [1.29, 1.82) is 0 Å². The van der Waals surface area contributed by atoms with Gasteiger partial charge in [-0.1, -0.05) is 20.3 Å². The predicted octanol–water partition coefficient (Wildman–Crippen LogP) is 2.51. The van der Waals surface area contributed by atoms with Gasteiger partial charge in [-0.2, -0.15) is 0 Å². The van der Waals surface area contributed by atoms with E-state index in [1.165, 1.54) is 12.8 Å². The Morgan fingerprint density at radius 3 is 2.78 bits per heavy atom. The molecule has 1 aliphatic heterocycles. The zero-order chi connectivity index (χ0) is 13.4. The fourth-order valence-corrected chi connectivity index (χ4v) is 3.42. The Bertz CT molecular complexity index is 242. The van der Waals surface area contributed by atoms with Gasteiger partial charge in [0, 0.05) is 19.1 Å². The summed E-state index contributed by atoms with van der Waals surface area (Å²) in [6, 6.07) is 0.423. The van der Waals surface area contributed by atoms with Crippen LogP contribution in [-0.2, 0) is 4.79 Å². The number of nitrogens with one attached hydrogen (secondary N) is 1. The topological polar surface area (TPSA) is 32.3 Å². The Balaban J connectivity index is 2.46. The van der Waals surface area contributed by atoms with Crippen molar-refractivity contribution in [3.8, 4) is 0 Å². The van der Waals surface area contributed by atoms with Crippen LogP contribution in [0.15, 0.2) is 0 Å². The van der Waals surface area contributed by atoms with E-state index in [2.05, 4.69) is 31.0 Å². The van der Waals surface area contributed by atoms with Crippen molar-refractivity contribution in [3.63, 3.8) is 0 Å². The van der Waals surface area contributed by atoms with E-state index in [1.807, 2.05) is 11.8 Å². The fourth-order valence-electron chi connectivity index (χ4n) is 2.33. The molecule has 0 aliphatic carbocycles. The summed E-state index contributed by atoms with van der Waals surface area (Å²) >= 11 is 1.81. The highest BCUT2D eigenvalue weighted by atomic mass is 32.2. The van der Waals surface area contributed by atoms with Gasteiger partial charge >= 0.3 is 0 Å². The van der Waals surface area contributed by atoms with Gasteiger partial charge in [-0.15, -0.1) is 11.8 Å². The van der Waals surface area contributed by atoms with Gasteiger partial charge in [0.1, 0.15) is 0 Å². The molecule has 1 aliphatic rings. The monoisotopic (exact) mass is 272 g/mol. The van der Waals surface area contributed by atoms with Crippen molar-refractivity contribution in [1.82, 2.24) is 10.2 Å². The van der Waals surface area contributed by atoms with Crippen molar-refractivity contribution in [3.05, 3.63) is 0 Å². The van der Waals surface area contributed by atoms with Gasteiger partial charge in [-0.3, -0.25) is 4.79 Å². The van der Waals surface area contributed by atoms with Crippen LogP contribution >= 0.6 is 11.8 Å². The molecule has 106 valence electrons. The molecule has 1 heterocycles. The minimum absolute atomic E-state index is 0.115. The lowest BCUT2D eigenvalue weighted by molar-refractivity contribution is -0.132. The second-order valence-electron chi connectivity index (χ2n) is 5.04. The van der Waals surface area contributed by atoms with E-state index >= 15 is 0 Å². The maximum atomic E-state index is 12.5. The quantitative estimate of drug-likeness (QED) is 0.689. The zero-order valence-electron chi connectivity index (χ0n) is 12.1. The smallest absolute Gasteiger partial charge is 0.235 e. The largest absolute Gasteiger partial charge is 0.337 e. The number of amides is 1. The van der Waals surface area contributed by atoms with Crippen LogP contribution in [0.4, 0.5) is 0 Å². The summed E-state index contributed by atoms with van der Waals surface area (Å²) in [5.41, 5.74) is 0. The predicted molar refractivity (Wildman–Crippen MR) is 80.1 cm³/mol. The summed E-state index contributed by atoms with van der Waals surface area (Å²) in [5.74, 6) is 1.44. The maximum absolute atomic E-state index is 12.5. The maximum Gasteiger partial charge on any atom is 0.235 e. The van der Waals surface area contributed by atoms with E-state index in [9.17, 15) is 4.79 Å². The Hall–Kier alpha value is -0.220. The normalized spacial score (nSPS) is 20.9. The van der Waals surface area contributed by atoms with Gasteiger partial charge in [-0.25, -0.2) is 0 Å². The minimum Gasteiger partial charge on any atom is -0.337 e. The number of carbonyl (C=O) groups excluding carboxylic acids is 1. The lowest BCUT2D eigenvalue weighted by Crippen LogP contribution is -2.45. The van der Waals surface area contributed by atoms with E-state index in [1.54, 1.807) is 0 Å². The lowest BCUT2D eigenvalue weighted by atomic mass is 10.2. The molecule has 1 amide bonds. The summed E-state index contributed by atoms with van der Waals surface area (Å²) in [4.78, 5) is 14.6. The van der Waals surface area contributed by atoms with E-state index < -0.39 is 0 Å². The number of nitrogens with zero attached hydrogens (tertiary/aromatic N) is 1. The molecule has 1 saturated heterocycles. The molecule has 0 aromatic carbocycles. The standard InChI is InChI=1S/C14H28N2OS/c1-4-6-10-18-12(3)14(17)16(9-5-2)13-7-8-15-11-13/h12-13,15H,4-11H2,1-3H3. The van der Waals surface area contributed by atoms with Gasteiger partial charge < -0.3 is 10.2 Å². The van der Waals surface area contributed by atoms with E-state index in [0.29, 0.717) is 11.9 Å². The van der Waals surface area contributed by atoms with Crippen LogP contribution in [0.5, 0.6) is 0 Å². The average molecular weight is 272 g/mol. The molecule has 3 nitrogen and oxygen atoms in total. The van der Waals surface area contributed by atoms with Crippen LogP contribution < -0.4 is 5.32 Å². The molecule has 0 aromatic rings. The molecule has 0 aromatic heterocycles. The molecule has 1 fully saturated rings. The zero-order valence-corrected chi connectivity index (χ0v) is 12.9. The van der Waals surface area contributed by atoms with E-state index in [-0.39, 0.29) is 5.25 Å². The molecule has 4 heteroatoms. The molecule has 18 heavy (non-hydrogen) atoms. The molecule has 0 saturated carbocycles. The molecular formula is C14H28N2OS. The van der Waals surface area contributed by atoms with E-state index in [0.717, 1.165) is 38.2 Å². The SMILES string of the molecule is CCCCSC(C)C(=O)N(CCC)C1CCNC1. The summed E-state index contributed by atoms with van der Waals surface area (Å²) in [6.07, 6.45) is 4.58. The lowest BCUT2D eigenvalue weighted by Gasteiger charge is -2.30. The highest BCUT2D eigenvalue weighted by molar-refractivity contribution is 8.00. The highest BCUT2D eigenvalue weighted by Gasteiger charge is 2.28. The van der Waals surface area contributed by atoms with Crippen molar-refractivity contribution in [2.75, 3.05) is 25.4 Å². The first-order chi connectivity index (χ1) is 8.70. The van der Waals surface area contributed by atoms with Crippen LogP contribution in [0, 0.1) is 0 Å². The van der Waals surface area contributed by atoms with Gasteiger partial charge in [0.15, 0.2) is 0 Å². The highest BCUT2D eigenvalue weighted by Crippen LogP contribution is 2.19. The second kappa shape index (κ2) is 8.81. The first kappa shape index (κ1) is 15.8. The molecule has 1 N–H and O–H groups in total. The number of thioether (sulfide) groups is 1. The summed E-state index contributed by atoms with van der Waals surface area (Å²) in [6.45, 7) is 9.34. The number of hydrogen-bond acceptors (Lipinski definition) is 3. The van der Waals surface area contributed by atoms with Crippen molar-refractivity contribution < 1.29 is 4.79 Å². The van der Waals surface area contributed by atoms with Crippen molar-refractivity contribution in [2.24, 2.45) is 0 Å². The van der Waals surface area contributed by atoms with E-state index in [4.69, 9.17) is 0 Å². The van der Waals surface area contributed by atoms with Crippen molar-refractivity contribution >= 4 is 17.7 Å². The Kier molecular flexibility index (Phi) is 7.75. The molecule has 0 spiro atoms. The molecule has 2 atom stereocenters. The average Bonchev–Trinajstić information content (AvgIpc) is 2.89. The Morgan fingerprint density at radius 1 is 1.44 bits per heavy atom. The summed E-state index contributed by atoms with van der Waals surface area (Å²) in [5, 5.41) is 3.47. The van der Waals surface area contributed by atoms with Crippen LogP contribution in [0.3, 0.4) is 0 Å². The molecule has 2 unspecified atom stereocenters. The second-order valence-corrected chi connectivity index (χ2v) is 6.49. The number of hydrogen-bond donors (Lipinski definition) is 1. The van der Waals surface area contributed by atoms with Gasteiger partial charge in [-0.05, 0) is 38.5 Å². The third-order valence-corrected chi connectivity index (χ3v) is 4.66. The first-order valence-corrected chi connectivity index (χ1v) is 8.38. The number of unbranched alkanes of at least 4 members (excludes halogenated alkanes) is 1. The van der Waals surface area contributed by atoms with Crippen molar-refractivity contribution in [2.45, 2.75) is 57.7 Å². The molecule has 0 radical (unpaired) electrons. The fraction of sp³-hybridized carbons (Fsp3) is 0.929. The summed E-state index contributed by atoms with van der Waals surface area (Å²) in [7, 11) is 0. The minimum atomic E-state index is 0.115. The molecule has 1 rings (SSSR count). The summed E-state index contributed by atoms with van der Waals surface area (Å²) < 4.78 is 0. The third kappa shape index (κ3) is 4.81. The third-order valence-electron chi connectivity index (χ3n) is 3.44. The van der Waals surface area contributed by atoms with Crippen LogP contribution in [0.1, 0.15) is 46.5 Å². The van der Waals surface area contributed by atoms with Crippen LogP contribution in [0.25, 0.3) is 0 Å². The van der Waals surface area contributed by atoms with Gasteiger partial charge in [0.05, 0.1) is 5.25 Å². The first-order valence-electron chi connectivity index (χ1n) is 7.33. The Labute approximate surface area is 116 Å². The Morgan fingerprint density at radius 2 is 2.22 bits per heavy atom. The molecular weight excluding hydrogens is 244 g/mol. The number of rotatable bonds is 8. The van der Waals surface area contributed by atoms with Gasteiger partial charge in [0.25, 0.3) is 0 Å². The number of carbonyl (C=O) groups is 1. The van der Waals surface area contributed by atoms with Crippen LogP contribution in [-0.4, -0.2) is 47.5 Å².